The average Bonchev–Trinajstić information content (AvgIpc) is 3.13. The van der Waals surface area contributed by atoms with Gasteiger partial charge in [0, 0.05) is 44.5 Å². The first-order valence-corrected chi connectivity index (χ1v) is 12.8. The summed E-state index contributed by atoms with van der Waals surface area (Å²) in [5, 5.41) is 11.2. The molecule has 0 bridgehead atoms. The largest absolute Gasteiger partial charge is 0.393 e. The molecule has 14 heteroatoms. The molecule has 0 spiro atoms. The number of anilines is 1. The van der Waals surface area contributed by atoms with Crippen molar-refractivity contribution in [3.8, 4) is 0 Å². The van der Waals surface area contributed by atoms with Crippen molar-refractivity contribution in [1.82, 2.24) is 15.1 Å². The number of aliphatic hydroxyl groups is 1. The van der Waals surface area contributed by atoms with E-state index in [-0.39, 0.29) is 17.4 Å². The minimum Gasteiger partial charge on any atom is -0.393 e. The highest BCUT2D eigenvalue weighted by Crippen LogP contribution is 2.46. The molecule has 0 aromatic heterocycles. The summed E-state index contributed by atoms with van der Waals surface area (Å²) in [5.41, 5.74) is -0.0794. The summed E-state index contributed by atoms with van der Waals surface area (Å²) in [7, 11) is 32.0. The van der Waals surface area contributed by atoms with Crippen LogP contribution in [0.5, 0.6) is 0 Å². The number of carbonyl (C=O) groups excluding carboxylic acids is 3. The number of ether oxygens (including phenoxy) is 1. The Labute approximate surface area is 240 Å². The second-order valence-corrected chi connectivity index (χ2v) is 10.2. The van der Waals surface area contributed by atoms with Crippen molar-refractivity contribution in [2.24, 2.45) is 0 Å². The Morgan fingerprint density at radius 2 is 1.80 bits per heavy atom. The van der Waals surface area contributed by atoms with Crippen LogP contribution < -0.4 is 10.6 Å². The SMILES string of the molecule is [B]C1([B])c2c(NCc3cccc(CN4CCOCC4)c3)cccc2C(=O)N1C(C(=O)NC)C([B])([B])C([B])(O)C=O. The molecule has 2 amide bonds. The number of nitrogens with one attached hydrogen (secondary N) is 2. The maximum Gasteiger partial charge on any atom is 0.254 e. The number of amides is 2. The van der Waals surface area contributed by atoms with E-state index in [4.69, 9.17) is 44.0 Å². The average molecular weight is 530 g/mol. The van der Waals surface area contributed by atoms with E-state index in [0.29, 0.717) is 25.4 Å². The number of nitrogens with zero attached hydrogens (tertiary/aromatic N) is 2. The van der Waals surface area contributed by atoms with Crippen molar-refractivity contribution in [2.75, 3.05) is 38.7 Å². The van der Waals surface area contributed by atoms with E-state index in [1.807, 2.05) is 12.1 Å². The van der Waals surface area contributed by atoms with Gasteiger partial charge in [-0.3, -0.25) is 14.5 Å². The lowest BCUT2D eigenvalue weighted by atomic mass is 9.37. The highest BCUT2D eigenvalue weighted by molar-refractivity contribution is 6.50. The molecule has 0 aliphatic carbocycles. The maximum atomic E-state index is 13.6. The van der Waals surface area contributed by atoms with Crippen molar-refractivity contribution >= 4 is 63.0 Å². The van der Waals surface area contributed by atoms with Gasteiger partial charge < -0.3 is 30.2 Å². The Morgan fingerprint density at radius 3 is 2.45 bits per heavy atom. The summed E-state index contributed by atoms with van der Waals surface area (Å²) in [5.74, 6) is -1.73. The number of carbonyl (C=O) groups is 3. The van der Waals surface area contributed by atoms with E-state index in [2.05, 4.69) is 27.7 Å². The lowest BCUT2D eigenvalue weighted by Crippen LogP contribution is -2.66. The minimum absolute atomic E-state index is 0.0902. The summed E-state index contributed by atoms with van der Waals surface area (Å²) in [4.78, 5) is 41.2. The van der Waals surface area contributed by atoms with E-state index in [1.54, 1.807) is 12.1 Å². The van der Waals surface area contributed by atoms with Gasteiger partial charge in [0.2, 0.25) is 5.91 Å². The first kappa shape index (κ1) is 30.0. The van der Waals surface area contributed by atoms with Crippen LogP contribution in [0.4, 0.5) is 5.69 Å². The second kappa shape index (κ2) is 11.5. The minimum atomic E-state index is -2.91. The summed E-state index contributed by atoms with van der Waals surface area (Å²) in [6.45, 7) is 4.35. The van der Waals surface area contributed by atoms with Crippen molar-refractivity contribution in [2.45, 2.75) is 35.2 Å². The van der Waals surface area contributed by atoms with E-state index in [0.717, 1.165) is 35.7 Å². The highest BCUT2D eigenvalue weighted by atomic mass is 16.5. The lowest BCUT2D eigenvalue weighted by molar-refractivity contribution is -0.129. The summed E-state index contributed by atoms with van der Waals surface area (Å²) < 4.78 is 5.42. The molecule has 2 aromatic rings. The molecular formula is C26H27B5N4O5. The molecule has 2 atom stereocenters. The zero-order valence-corrected chi connectivity index (χ0v) is 22.3. The van der Waals surface area contributed by atoms with Crippen LogP contribution in [0.25, 0.3) is 0 Å². The molecular weight excluding hydrogens is 502 g/mol. The fourth-order valence-electron chi connectivity index (χ4n) is 5.12. The topological polar surface area (TPSA) is 111 Å². The first-order valence-electron chi connectivity index (χ1n) is 12.8. The second-order valence-electron chi connectivity index (χ2n) is 10.2. The van der Waals surface area contributed by atoms with E-state index >= 15 is 0 Å². The maximum absolute atomic E-state index is 13.6. The van der Waals surface area contributed by atoms with Gasteiger partial charge in [0.1, 0.15) is 20.2 Å². The zero-order chi connectivity index (χ0) is 29.3. The van der Waals surface area contributed by atoms with Crippen LogP contribution in [0.2, 0.25) is 5.21 Å². The fraction of sp³-hybridized carbons (Fsp3) is 0.423. The van der Waals surface area contributed by atoms with Gasteiger partial charge in [-0.15, -0.1) is 0 Å². The Morgan fingerprint density at radius 1 is 1.15 bits per heavy atom. The van der Waals surface area contributed by atoms with Gasteiger partial charge in [-0.05, 0) is 39.4 Å². The number of fused-ring (bicyclic) bond motifs is 1. The lowest BCUT2D eigenvalue weighted by Gasteiger charge is -2.51. The van der Waals surface area contributed by atoms with Crippen LogP contribution in [-0.2, 0) is 32.8 Å². The van der Waals surface area contributed by atoms with Crippen molar-refractivity contribution < 1.29 is 24.2 Å². The van der Waals surface area contributed by atoms with Gasteiger partial charge in [-0.1, -0.05) is 30.3 Å². The molecule has 2 aromatic carbocycles. The number of hydrogen-bond acceptors (Lipinski definition) is 7. The molecule has 40 heavy (non-hydrogen) atoms. The third-order valence-electron chi connectivity index (χ3n) is 7.38. The molecule has 3 N–H and O–H groups in total. The highest BCUT2D eigenvalue weighted by Gasteiger charge is 2.56. The Kier molecular flexibility index (Phi) is 8.64. The smallest absolute Gasteiger partial charge is 0.254 e. The number of aldehydes is 1. The van der Waals surface area contributed by atoms with Crippen molar-refractivity contribution in [3.05, 3.63) is 64.7 Å². The van der Waals surface area contributed by atoms with Gasteiger partial charge in [-0.2, -0.15) is 0 Å². The monoisotopic (exact) mass is 530 g/mol. The standard InChI is InChI=1S/C26H27B5N4O5/c1-32-22(37)21(25(28,29)24(27,39)15-36)35-23(38)18-6-3-7-19(20(18)26(35,30)31)33-13-16-4-2-5-17(12-16)14-34-8-10-40-11-9-34/h2-7,12,15,21,33,39H,8-11,13-14H2,1H3,(H,32,37). The number of rotatable bonds is 10. The molecule has 2 aliphatic rings. The van der Waals surface area contributed by atoms with E-state index in [9.17, 15) is 19.5 Å². The predicted molar refractivity (Wildman–Crippen MR) is 154 cm³/mol. The molecule has 9 nitrogen and oxygen atoms in total. The summed E-state index contributed by atoms with van der Waals surface area (Å²) in [6, 6.07) is 11.0. The van der Waals surface area contributed by atoms with Crippen molar-refractivity contribution in [1.29, 1.82) is 0 Å². The fourth-order valence-corrected chi connectivity index (χ4v) is 5.12. The molecule has 1 saturated heterocycles. The normalized spacial score (nSPS) is 19.4. The van der Waals surface area contributed by atoms with Crippen LogP contribution in [-0.4, -0.2) is 117 Å². The van der Waals surface area contributed by atoms with Crippen LogP contribution in [0.1, 0.15) is 27.0 Å². The molecule has 1 fully saturated rings. The quantitative estimate of drug-likeness (QED) is 0.258. The first-order chi connectivity index (χ1) is 18.8. The third-order valence-corrected chi connectivity index (χ3v) is 7.38. The van der Waals surface area contributed by atoms with Gasteiger partial charge in [0.05, 0.1) is 50.1 Å². The Hall–Kier alpha value is -2.95. The van der Waals surface area contributed by atoms with Gasteiger partial charge in [0.15, 0.2) is 0 Å². The summed E-state index contributed by atoms with van der Waals surface area (Å²) >= 11 is 0. The molecule has 2 unspecified atom stereocenters. The Bertz CT molecular complexity index is 1290. The Balaban J connectivity index is 1.63. The van der Waals surface area contributed by atoms with E-state index in [1.165, 1.54) is 13.1 Å². The number of hydrogen-bond donors (Lipinski definition) is 3. The van der Waals surface area contributed by atoms with E-state index < -0.39 is 33.9 Å². The molecule has 4 rings (SSSR count). The number of likely N-dealkylation sites (N-methyl/N-ethyl adjacent to an activating group) is 1. The molecule has 196 valence electrons. The van der Waals surface area contributed by atoms with Gasteiger partial charge in [0.25, 0.3) is 5.91 Å². The number of morpholine rings is 1. The third kappa shape index (κ3) is 5.49. The summed E-state index contributed by atoms with van der Waals surface area (Å²) in [6.07, 6.45) is -0.120. The van der Waals surface area contributed by atoms with Crippen LogP contribution in [0.3, 0.4) is 0 Å². The number of benzene rings is 2. The van der Waals surface area contributed by atoms with Gasteiger partial charge >= 0.3 is 0 Å². The van der Waals surface area contributed by atoms with Crippen LogP contribution in [0.15, 0.2) is 42.5 Å². The molecule has 0 saturated carbocycles. The molecule has 2 heterocycles. The van der Waals surface area contributed by atoms with Crippen LogP contribution in [0, 0.1) is 0 Å². The predicted octanol–water partition coefficient (Wildman–Crippen LogP) is -1.34. The molecule has 10 radical (unpaired) electrons. The van der Waals surface area contributed by atoms with Crippen LogP contribution >= 0.6 is 0 Å². The van der Waals surface area contributed by atoms with Crippen molar-refractivity contribution in [3.63, 3.8) is 0 Å². The molecule has 2 aliphatic heterocycles. The van der Waals surface area contributed by atoms with Gasteiger partial charge in [-0.25, -0.2) is 0 Å². The zero-order valence-electron chi connectivity index (χ0n) is 22.3.